The second-order valence-corrected chi connectivity index (χ2v) is 6.34. The van der Waals surface area contributed by atoms with Gasteiger partial charge in [-0.3, -0.25) is 9.69 Å². The molecule has 1 atom stereocenters. The molecule has 2 aromatic rings. The van der Waals surface area contributed by atoms with Gasteiger partial charge in [-0.2, -0.15) is 0 Å². The third-order valence-corrected chi connectivity index (χ3v) is 5.10. The summed E-state index contributed by atoms with van der Waals surface area (Å²) < 4.78 is 1.28. The highest BCUT2D eigenvalue weighted by Gasteiger charge is 2.27. The standard InChI is InChI=1S/C16H19NO2S/c18-16(19)14-7-2-1-5-9-17(14)10-12-11-20-15-8-4-3-6-13(12)15/h3-4,6,8,11,14H,1-2,5,7,9-10H2,(H,18,19). The Labute approximate surface area is 122 Å². The lowest BCUT2D eigenvalue weighted by Gasteiger charge is -2.26. The van der Waals surface area contributed by atoms with Crippen molar-refractivity contribution in [3.8, 4) is 0 Å². The molecule has 0 radical (unpaired) electrons. The molecule has 0 spiro atoms. The van der Waals surface area contributed by atoms with Gasteiger partial charge >= 0.3 is 5.97 Å². The van der Waals surface area contributed by atoms with E-state index in [0.717, 1.165) is 38.8 Å². The number of aliphatic carboxylic acids is 1. The van der Waals surface area contributed by atoms with E-state index in [0.29, 0.717) is 0 Å². The second-order valence-electron chi connectivity index (χ2n) is 5.43. The third kappa shape index (κ3) is 2.72. The largest absolute Gasteiger partial charge is 0.480 e. The van der Waals surface area contributed by atoms with E-state index in [1.165, 1.54) is 15.6 Å². The van der Waals surface area contributed by atoms with Crippen molar-refractivity contribution in [3.05, 3.63) is 35.2 Å². The smallest absolute Gasteiger partial charge is 0.320 e. The van der Waals surface area contributed by atoms with Gasteiger partial charge in [-0.15, -0.1) is 11.3 Å². The van der Waals surface area contributed by atoms with E-state index in [4.69, 9.17) is 0 Å². The summed E-state index contributed by atoms with van der Waals surface area (Å²) in [4.78, 5) is 13.6. The fourth-order valence-corrected chi connectivity index (χ4v) is 3.96. The molecule has 1 unspecified atom stereocenters. The fourth-order valence-electron chi connectivity index (χ4n) is 3.01. The van der Waals surface area contributed by atoms with Crippen LogP contribution in [0.1, 0.15) is 31.2 Å². The highest BCUT2D eigenvalue weighted by atomic mass is 32.1. The van der Waals surface area contributed by atoms with E-state index in [1.54, 1.807) is 11.3 Å². The predicted molar refractivity (Wildman–Crippen MR) is 82.1 cm³/mol. The predicted octanol–water partition coefficient (Wildman–Crippen LogP) is 3.73. The molecule has 1 aromatic heterocycles. The molecule has 20 heavy (non-hydrogen) atoms. The zero-order chi connectivity index (χ0) is 13.9. The number of thiophene rings is 1. The van der Waals surface area contributed by atoms with Crippen LogP contribution in [0.4, 0.5) is 0 Å². The van der Waals surface area contributed by atoms with Crippen molar-refractivity contribution in [1.82, 2.24) is 4.90 Å². The maximum absolute atomic E-state index is 11.5. The molecule has 0 amide bonds. The molecular formula is C16H19NO2S. The summed E-state index contributed by atoms with van der Waals surface area (Å²) in [5.74, 6) is -0.675. The first-order chi connectivity index (χ1) is 9.75. The van der Waals surface area contributed by atoms with Crippen LogP contribution in [0.3, 0.4) is 0 Å². The quantitative estimate of drug-likeness (QED) is 0.936. The Hall–Kier alpha value is -1.39. The number of nitrogens with zero attached hydrogens (tertiary/aromatic N) is 1. The van der Waals surface area contributed by atoms with Gasteiger partial charge in [-0.25, -0.2) is 0 Å². The van der Waals surface area contributed by atoms with Gasteiger partial charge in [0, 0.05) is 11.2 Å². The van der Waals surface area contributed by atoms with Crippen molar-refractivity contribution in [3.63, 3.8) is 0 Å². The van der Waals surface area contributed by atoms with Gasteiger partial charge in [-0.1, -0.05) is 31.0 Å². The minimum Gasteiger partial charge on any atom is -0.480 e. The summed E-state index contributed by atoms with van der Waals surface area (Å²) >= 11 is 1.74. The summed E-state index contributed by atoms with van der Waals surface area (Å²) in [6, 6.07) is 8.04. The van der Waals surface area contributed by atoms with Crippen LogP contribution in [0.5, 0.6) is 0 Å². The number of likely N-dealkylation sites (tertiary alicyclic amines) is 1. The van der Waals surface area contributed by atoms with Gasteiger partial charge < -0.3 is 5.11 Å². The molecule has 1 saturated heterocycles. The normalized spacial score (nSPS) is 20.9. The molecule has 4 heteroatoms. The molecule has 3 rings (SSSR count). The van der Waals surface area contributed by atoms with E-state index < -0.39 is 5.97 Å². The molecule has 0 aliphatic carbocycles. The van der Waals surface area contributed by atoms with Crippen molar-refractivity contribution >= 4 is 27.4 Å². The summed E-state index contributed by atoms with van der Waals surface area (Å²) in [6.07, 6.45) is 4.05. The van der Waals surface area contributed by atoms with Crippen LogP contribution < -0.4 is 0 Å². The molecule has 106 valence electrons. The Morgan fingerprint density at radius 2 is 2.15 bits per heavy atom. The Kier molecular flexibility index (Phi) is 4.03. The monoisotopic (exact) mass is 289 g/mol. The zero-order valence-corrected chi connectivity index (χ0v) is 12.2. The van der Waals surface area contributed by atoms with Crippen LogP contribution in [0.15, 0.2) is 29.6 Å². The number of hydrogen-bond acceptors (Lipinski definition) is 3. The highest BCUT2D eigenvalue weighted by molar-refractivity contribution is 7.17. The Morgan fingerprint density at radius 3 is 3.00 bits per heavy atom. The van der Waals surface area contributed by atoms with Gasteiger partial charge in [0.2, 0.25) is 0 Å². The number of fused-ring (bicyclic) bond motifs is 1. The van der Waals surface area contributed by atoms with Crippen LogP contribution in [-0.2, 0) is 11.3 Å². The van der Waals surface area contributed by atoms with E-state index in [1.807, 2.05) is 0 Å². The Balaban J connectivity index is 1.85. The van der Waals surface area contributed by atoms with E-state index in [2.05, 4.69) is 34.5 Å². The van der Waals surface area contributed by atoms with Crippen molar-refractivity contribution in [2.75, 3.05) is 6.54 Å². The van der Waals surface area contributed by atoms with Crippen molar-refractivity contribution < 1.29 is 9.90 Å². The van der Waals surface area contributed by atoms with E-state index in [9.17, 15) is 9.90 Å². The second kappa shape index (κ2) is 5.94. The molecule has 0 saturated carbocycles. The minimum absolute atomic E-state index is 0.323. The van der Waals surface area contributed by atoms with Gasteiger partial charge in [0.15, 0.2) is 0 Å². The summed E-state index contributed by atoms with van der Waals surface area (Å²) in [5, 5.41) is 12.9. The molecule has 2 heterocycles. The summed E-state index contributed by atoms with van der Waals surface area (Å²) in [7, 11) is 0. The third-order valence-electron chi connectivity index (χ3n) is 4.08. The van der Waals surface area contributed by atoms with Crippen LogP contribution in [-0.4, -0.2) is 28.6 Å². The lowest BCUT2D eigenvalue weighted by Crippen LogP contribution is -2.40. The molecule has 3 nitrogen and oxygen atoms in total. The fraction of sp³-hybridized carbons (Fsp3) is 0.438. The van der Waals surface area contributed by atoms with Crippen LogP contribution in [0.25, 0.3) is 10.1 Å². The topological polar surface area (TPSA) is 40.5 Å². The van der Waals surface area contributed by atoms with Crippen LogP contribution in [0.2, 0.25) is 0 Å². The van der Waals surface area contributed by atoms with Gasteiger partial charge in [0.1, 0.15) is 6.04 Å². The Bertz CT molecular complexity index is 607. The summed E-state index contributed by atoms with van der Waals surface area (Å²) in [6.45, 7) is 1.64. The molecule has 1 aromatic carbocycles. The maximum Gasteiger partial charge on any atom is 0.320 e. The van der Waals surface area contributed by atoms with E-state index in [-0.39, 0.29) is 6.04 Å². The molecule has 1 N–H and O–H groups in total. The lowest BCUT2D eigenvalue weighted by molar-refractivity contribution is -0.143. The SMILES string of the molecule is O=C(O)C1CCCCCN1Cc1csc2ccccc12. The van der Waals surface area contributed by atoms with Gasteiger partial charge in [-0.05, 0) is 41.8 Å². The van der Waals surface area contributed by atoms with Crippen LogP contribution in [0, 0.1) is 0 Å². The average Bonchev–Trinajstić information content (AvgIpc) is 2.69. The number of rotatable bonds is 3. The lowest BCUT2D eigenvalue weighted by atomic mass is 10.1. The van der Waals surface area contributed by atoms with Gasteiger partial charge in [0.05, 0.1) is 0 Å². The molecule has 0 bridgehead atoms. The molecular weight excluding hydrogens is 270 g/mol. The number of carbonyl (C=O) groups is 1. The first kappa shape index (κ1) is 13.6. The Morgan fingerprint density at radius 1 is 1.30 bits per heavy atom. The van der Waals surface area contributed by atoms with Crippen molar-refractivity contribution in [2.24, 2.45) is 0 Å². The van der Waals surface area contributed by atoms with Crippen molar-refractivity contribution in [2.45, 2.75) is 38.3 Å². The first-order valence-corrected chi connectivity index (χ1v) is 8.05. The summed E-state index contributed by atoms with van der Waals surface area (Å²) in [5.41, 5.74) is 1.26. The van der Waals surface area contributed by atoms with Gasteiger partial charge in [0.25, 0.3) is 0 Å². The number of carboxylic acid groups (broad SMARTS) is 1. The van der Waals surface area contributed by atoms with E-state index >= 15 is 0 Å². The molecule has 1 aliphatic rings. The number of carboxylic acids is 1. The average molecular weight is 289 g/mol. The maximum atomic E-state index is 11.5. The first-order valence-electron chi connectivity index (χ1n) is 7.17. The van der Waals surface area contributed by atoms with Crippen LogP contribution >= 0.6 is 11.3 Å². The number of hydrogen-bond donors (Lipinski definition) is 1. The molecule has 1 fully saturated rings. The van der Waals surface area contributed by atoms with Crippen molar-refractivity contribution in [1.29, 1.82) is 0 Å². The number of benzene rings is 1. The molecule has 1 aliphatic heterocycles. The highest BCUT2D eigenvalue weighted by Crippen LogP contribution is 2.28. The minimum atomic E-state index is -0.675. The zero-order valence-electron chi connectivity index (χ0n) is 11.4.